The predicted molar refractivity (Wildman–Crippen MR) is 32.5 cm³/mol. The number of amides is 2. The molecule has 0 unspecified atom stereocenters. The van der Waals surface area contributed by atoms with E-state index in [2.05, 4.69) is 0 Å². The summed E-state index contributed by atoms with van der Waals surface area (Å²) in [6.45, 7) is 1.37. The van der Waals surface area contributed by atoms with Crippen LogP contribution in [0.3, 0.4) is 0 Å². The summed E-state index contributed by atoms with van der Waals surface area (Å²) in [5.74, 6) is -0.651. The quantitative estimate of drug-likeness (QED) is 0.518. The Morgan fingerprint density at radius 3 is 2.11 bits per heavy atom. The molecule has 0 fully saturated rings. The highest BCUT2D eigenvalue weighted by Crippen LogP contribution is 1.79. The number of nitrogens with zero attached hydrogens (tertiary/aromatic N) is 1. The molecule has 0 spiro atoms. The van der Waals surface area contributed by atoms with Crippen molar-refractivity contribution in [2.45, 2.75) is 6.92 Å². The molecule has 0 aromatic carbocycles. The molecule has 0 bridgehead atoms. The maximum absolute atomic E-state index is 10.4. The van der Waals surface area contributed by atoms with Crippen LogP contribution in [-0.2, 0) is 9.59 Å². The lowest BCUT2D eigenvalue weighted by Crippen LogP contribution is -2.33. The highest BCUT2D eigenvalue weighted by Gasteiger charge is 2.03. The summed E-state index contributed by atoms with van der Waals surface area (Å²) >= 11 is 0. The second-order valence-corrected chi connectivity index (χ2v) is 1.84. The van der Waals surface area contributed by atoms with E-state index in [1.54, 1.807) is 0 Å². The first-order valence-corrected chi connectivity index (χ1v) is 2.54. The van der Waals surface area contributed by atoms with Gasteiger partial charge in [-0.3, -0.25) is 9.59 Å². The Labute approximate surface area is 53.6 Å². The molecule has 4 nitrogen and oxygen atoms in total. The SMILES string of the molecule is CC(=O)N(C)CC(N)=O. The fourth-order valence-electron chi connectivity index (χ4n) is 0.345. The standard InChI is InChI=1S/C5H10N2O2/c1-4(8)7(2)3-5(6)9/h3H2,1-2H3,(H2,6,9). The van der Waals surface area contributed by atoms with E-state index >= 15 is 0 Å². The van der Waals surface area contributed by atoms with Gasteiger partial charge in [0, 0.05) is 14.0 Å². The molecule has 2 amide bonds. The van der Waals surface area contributed by atoms with Gasteiger partial charge in [0.25, 0.3) is 0 Å². The van der Waals surface area contributed by atoms with E-state index in [-0.39, 0.29) is 12.5 Å². The van der Waals surface area contributed by atoms with Crippen molar-refractivity contribution < 1.29 is 9.59 Å². The normalized spacial score (nSPS) is 8.67. The fraction of sp³-hybridized carbons (Fsp3) is 0.600. The van der Waals surface area contributed by atoms with Crippen LogP contribution < -0.4 is 5.73 Å². The number of nitrogens with two attached hydrogens (primary N) is 1. The molecule has 4 heteroatoms. The van der Waals surface area contributed by atoms with E-state index in [9.17, 15) is 9.59 Å². The number of rotatable bonds is 2. The highest BCUT2D eigenvalue weighted by molar-refractivity contribution is 5.82. The third kappa shape index (κ3) is 3.52. The molecule has 0 rings (SSSR count). The summed E-state index contributed by atoms with van der Waals surface area (Å²) < 4.78 is 0. The van der Waals surface area contributed by atoms with Gasteiger partial charge in [-0.05, 0) is 0 Å². The van der Waals surface area contributed by atoms with Gasteiger partial charge in [0.15, 0.2) is 0 Å². The van der Waals surface area contributed by atoms with Gasteiger partial charge < -0.3 is 10.6 Å². The van der Waals surface area contributed by atoms with Crippen molar-refractivity contribution >= 4 is 11.8 Å². The molecule has 0 aromatic rings. The van der Waals surface area contributed by atoms with Gasteiger partial charge >= 0.3 is 0 Å². The maximum atomic E-state index is 10.4. The zero-order valence-electron chi connectivity index (χ0n) is 5.55. The van der Waals surface area contributed by atoms with Crippen LogP contribution in [0.25, 0.3) is 0 Å². The molecular formula is C5H10N2O2. The van der Waals surface area contributed by atoms with Crippen molar-refractivity contribution in [2.75, 3.05) is 13.6 Å². The van der Waals surface area contributed by atoms with Crippen LogP contribution in [0.15, 0.2) is 0 Å². The van der Waals surface area contributed by atoms with Crippen LogP contribution in [0.1, 0.15) is 6.92 Å². The number of likely N-dealkylation sites (N-methyl/N-ethyl adjacent to an activating group) is 1. The van der Waals surface area contributed by atoms with Gasteiger partial charge in [-0.15, -0.1) is 0 Å². The zero-order chi connectivity index (χ0) is 7.44. The minimum atomic E-state index is -0.493. The number of carbonyl (C=O) groups excluding carboxylic acids is 2. The maximum Gasteiger partial charge on any atom is 0.237 e. The number of hydrogen-bond acceptors (Lipinski definition) is 2. The molecule has 9 heavy (non-hydrogen) atoms. The smallest absolute Gasteiger partial charge is 0.237 e. The van der Waals surface area contributed by atoms with E-state index in [1.807, 2.05) is 0 Å². The van der Waals surface area contributed by atoms with E-state index < -0.39 is 5.91 Å². The largest absolute Gasteiger partial charge is 0.368 e. The Kier molecular flexibility index (Phi) is 2.70. The van der Waals surface area contributed by atoms with Crippen LogP contribution >= 0.6 is 0 Å². The van der Waals surface area contributed by atoms with Gasteiger partial charge in [-0.25, -0.2) is 0 Å². The molecule has 0 aliphatic carbocycles. The van der Waals surface area contributed by atoms with Crippen LogP contribution in [0.2, 0.25) is 0 Å². The summed E-state index contributed by atoms with van der Waals surface area (Å²) in [4.78, 5) is 21.8. The first-order valence-electron chi connectivity index (χ1n) is 2.54. The molecular weight excluding hydrogens is 120 g/mol. The Morgan fingerprint density at radius 2 is 2.00 bits per heavy atom. The van der Waals surface area contributed by atoms with Crippen molar-refractivity contribution in [3.63, 3.8) is 0 Å². The van der Waals surface area contributed by atoms with Crippen molar-refractivity contribution in [2.24, 2.45) is 5.73 Å². The van der Waals surface area contributed by atoms with Gasteiger partial charge in [0.2, 0.25) is 11.8 Å². The molecule has 0 radical (unpaired) electrons. The van der Waals surface area contributed by atoms with E-state index in [4.69, 9.17) is 5.73 Å². The molecule has 52 valence electrons. The summed E-state index contributed by atoms with van der Waals surface area (Å²) in [7, 11) is 1.52. The van der Waals surface area contributed by atoms with Crippen LogP contribution in [0.4, 0.5) is 0 Å². The van der Waals surface area contributed by atoms with Gasteiger partial charge in [0.1, 0.15) is 0 Å². The lowest BCUT2D eigenvalue weighted by atomic mass is 10.5. The molecule has 0 saturated carbocycles. The lowest BCUT2D eigenvalue weighted by Gasteiger charge is -2.10. The third-order valence-corrected chi connectivity index (χ3v) is 0.931. The van der Waals surface area contributed by atoms with Crippen LogP contribution in [-0.4, -0.2) is 30.3 Å². The van der Waals surface area contributed by atoms with Gasteiger partial charge in [0.05, 0.1) is 6.54 Å². The van der Waals surface area contributed by atoms with Gasteiger partial charge in [-0.2, -0.15) is 0 Å². The minimum Gasteiger partial charge on any atom is -0.368 e. The summed E-state index contributed by atoms with van der Waals surface area (Å²) in [6, 6.07) is 0. The zero-order valence-corrected chi connectivity index (χ0v) is 5.55. The minimum absolute atomic E-state index is 0.00463. The number of primary amides is 1. The first-order chi connectivity index (χ1) is 4.04. The topological polar surface area (TPSA) is 63.4 Å². The highest BCUT2D eigenvalue weighted by atomic mass is 16.2. The second-order valence-electron chi connectivity index (χ2n) is 1.84. The second kappa shape index (κ2) is 3.06. The van der Waals surface area contributed by atoms with Gasteiger partial charge in [-0.1, -0.05) is 0 Å². The van der Waals surface area contributed by atoms with Crippen LogP contribution in [0, 0.1) is 0 Å². The summed E-state index contributed by atoms with van der Waals surface area (Å²) in [5, 5.41) is 0. The molecule has 0 aliphatic heterocycles. The van der Waals surface area contributed by atoms with Crippen molar-refractivity contribution in [1.82, 2.24) is 4.90 Å². The summed E-state index contributed by atoms with van der Waals surface area (Å²) in [5.41, 5.74) is 4.80. The molecule has 0 heterocycles. The molecule has 0 saturated heterocycles. The third-order valence-electron chi connectivity index (χ3n) is 0.931. The van der Waals surface area contributed by atoms with Crippen molar-refractivity contribution in [3.8, 4) is 0 Å². The lowest BCUT2D eigenvalue weighted by molar-refractivity contribution is -0.131. The Balaban J connectivity index is 3.63. The Morgan fingerprint density at radius 1 is 1.56 bits per heavy atom. The van der Waals surface area contributed by atoms with E-state index in [1.165, 1.54) is 18.9 Å². The molecule has 0 aromatic heterocycles. The first kappa shape index (κ1) is 7.94. The Bertz CT molecular complexity index is 133. The monoisotopic (exact) mass is 130 g/mol. The average molecular weight is 130 g/mol. The Hall–Kier alpha value is -1.06. The number of hydrogen-bond donors (Lipinski definition) is 1. The van der Waals surface area contributed by atoms with Crippen molar-refractivity contribution in [3.05, 3.63) is 0 Å². The fourth-order valence-corrected chi connectivity index (χ4v) is 0.345. The molecule has 0 atom stereocenters. The van der Waals surface area contributed by atoms with Crippen molar-refractivity contribution in [1.29, 1.82) is 0 Å². The molecule has 2 N–H and O–H groups in total. The van der Waals surface area contributed by atoms with Crippen LogP contribution in [0.5, 0.6) is 0 Å². The molecule has 0 aliphatic rings. The summed E-state index contributed by atoms with van der Waals surface area (Å²) in [6.07, 6.45) is 0. The van der Waals surface area contributed by atoms with E-state index in [0.29, 0.717) is 0 Å². The number of carbonyl (C=O) groups is 2. The van der Waals surface area contributed by atoms with E-state index in [0.717, 1.165) is 0 Å². The predicted octanol–water partition coefficient (Wildman–Crippen LogP) is -1.05. The average Bonchev–Trinajstić information content (AvgIpc) is 1.63.